The number of carbonyl (C=O) groups excluding carboxylic acids is 4. The number of imide groups is 1. The topological polar surface area (TPSA) is 108 Å². The summed E-state index contributed by atoms with van der Waals surface area (Å²) in [7, 11) is 0. The summed E-state index contributed by atoms with van der Waals surface area (Å²) < 4.78 is 0. The molecule has 1 unspecified atom stereocenters. The normalized spacial score (nSPS) is 19.1. The van der Waals surface area contributed by atoms with E-state index in [-0.39, 0.29) is 36.5 Å². The molecule has 2 aromatic rings. The van der Waals surface area contributed by atoms with Gasteiger partial charge in [-0.05, 0) is 54.2 Å². The summed E-state index contributed by atoms with van der Waals surface area (Å²) in [5.41, 5.74) is 5.06. The molecular formula is C24H25ClN4O4. The second-order valence-corrected chi connectivity index (χ2v) is 8.48. The molecule has 0 aromatic heterocycles. The number of anilines is 1. The minimum atomic E-state index is -0.664. The van der Waals surface area contributed by atoms with Gasteiger partial charge in [-0.25, -0.2) is 0 Å². The fourth-order valence-electron chi connectivity index (χ4n) is 4.62. The van der Waals surface area contributed by atoms with E-state index in [1.165, 1.54) is 10.5 Å². The van der Waals surface area contributed by atoms with Gasteiger partial charge in [0.05, 0.1) is 0 Å². The number of amides is 4. The minimum Gasteiger partial charge on any atom is -0.385 e. The molecule has 172 valence electrons. The quantitative estimate of drug-likeness (QED) is 0.596. The second kappa shape index (κ2) is 9.23. The van der Waals surface area contributed by atoms with Crippen LogP contribution in [0.25, 0.3) is 0 Å². The lowest BCUT2D eigenvalue weighted by atomic mass is 10.0. The monoisotopic (exact) mass is 468 g/mol. The number of piperidine rings is 1. The minimum absolute atomic E-state index is 0. The Bertz CT molecular complexity index is 1150. The van der Waals surface area contributed by atoms with Crippen LogP contribution in [0.5, 0.6) is 0 Å². The van der Waals surface area contributed by atoms with Crippen molar-refractivity contribution in [2.45, 2.75) is 44.8 Å². The Morgan fingerprint density at radius 2 is 1.91 bits per heavy atom. The number of nitrogens with zero attached hydrogens (tertiary/aromatic N) is 1. The van der Waals surface area contributed by atoms with Crippen LogP contribution in [0.2, 0.25) is 0 Å². The van der Waals surface area contributed by atoms with Gasteiger partial charge in [0.25, 0.3) is 11.8 Å². The van der Waals surface area contributed by atoms with Crippen molar-refractivity contribution in [2.75, 3.05) is 11.9 Å². The molecule has 3 heterocycles. The predicted molar refractivity (Wildman–Crippen MR) is 124 cm³/mol. The molecule has 33 heavy (non-hydrogen) atoms. The third-order valence-corrected chi connectivity index (χ3v) is 6.35. The fraction of sp³-hybridized carbons (Fsp3) is 0.333. The number of aryl methyl sites for hydroxylation is 1. The van der Waals surface area contributed by atoms with Crippen LogP contribution in [-0.4, -0.2) is 41.1 Å². The molecule has 2 aromatic carbocycles. The molecule has 0 radical (unpaired) electrons. The van der Waals surface area contributed by atoms with Crippen LogP contribution in [0.4, 0.5) is 5.69 Å². The molecule has 0 spiro atoms. The zero-order valence-electron chi connectivity index (χ0n) is 18.0. The van der Waals surface area contributed by atoms with Crippen molar-refractivity contribution >= 4 is 41.7 Å². The lowest BCUT2D eigenvalue weighted by Crippen LogP contribution is -2.52. The summed E-state index contributed by atoms with van der Waals surface area (Å²) in [5, 5.41) is 8.60. The van der Waals surface area contributed by atoms with Gasteiger partial charge in [0.15, 0.2) is 0 Å². The molecule has 1 saturated heterocycles. The lowest BCUT2D eigenvalue weighted by molar-refractivity contribution is -0.136. The number of nitrogens with one attached hydrogen (secondary N) is 3. The molecule has 0 bridgehead atoms. The zero-order chi connectivity index (χ0) is 22.2. The molecule has 0 aliphatic carbocycles. The van der Waals surface area contributed by atoms with Gasteiger partial charge in [-0.1, -0.05) is 18.2 Å². The Balaban J connectivity index is 0.00000259. The summed E-state index contributed by atoms with van der Waals surface area (Å²) in [6, 6.07) is 10.6. The van der Waals surface area contributed by atoms with E-state index >= 15 is 0 Å². The Hall–Kier alpha value is -3.39. The molecule has 0 saturated carbocycles. The van der Waals surface area contributed by atoms with Gasteiger partial charge in [-0.15, -0.1) is 12.4 Å². The van der Waals surface area contributed by atoms with Crippen molar-refractivity contribution in [2.24, 2.45) is 0 Å². The Labute approximate surface area is 197 Å². The highest BCUT2D eigenvalue weighted by molar-refractivity contribution is 6.06. The molecule has 1 atom stereocenters. The average molecular weight is 469 g/mol. The highest BCUT2D eigenvalue weighted by atomic mass is 35.5. The maximum Gasteiger partial charge on any atom is 0.255 e. The van der Waals surface area contributed by atoms with E-state index in [9.17, 15) is 19.2 Å². The van der Waals surface area contributed by atoms with Crippen LogP contribution in [0.3, 0.4) is 0 Å². The van der Waals surface area contributed by atoms with Gasteiger partial charge in [0, 0.05) is 42.9 Å². The van der Waals surface area contributed by atoms with Crippen LogP contribution in [0.1, 0.15) is 56.7 Å². The van der Waals surface area contributed by atoms with E-state index in [1.54, 1.807) is 18.2 Å². The van der Waals surface area contributed by atoms with E-state index in [2.05, 4.69) is 22.0 Å². The van der Waals surface area contributed by atoms with E-state index in [0.717, 1.165) is 36.2 Å². The molecule has 5 rings (SSSR count). The number of carbonyl (C=O) groups is 4. The number of benzene rings is 2. The van der Waals surface area contributed by atoms with Crippen LogP contribution in [-0.2, 0) is 29.1 Å². The van der Waals surface area contributed by atoms with E-state index < -0.39 is 11.9 Å². The Morgan fingerprint density at radius 1 is 1.06 bits per heavy atom. The maximum absolute atomic E-state index is 12.9. The highest BCUT2D eigenvalue weighted by Crippen LogP contribution is 2.28. The summed E-state index contributed by atoms with van der Waals surface area (Å²) in [6.07, 6.45) is 2.65. The first-order valence-corrected chi connectivity index (χ1v) is 10.9. The van der Waals surface area contributed by atoms with Crippen molar-refractivity contribution in [1.82, 2.24) is 15.5 Å². The number of hydrogen-bond acceptors (Lipinski definition) is 5. The van der Waals surface area contributed by atoms with Gasteiger partial charge in [0.2, 0.25) is 11.8 Å². The van der Waals surface area contributed by atoms with Gasteiger partial charge >= 0.3 is 0 Å². The van der Waals surface area contributed by atoms with Gasteiger partial charge in [-0.2, -0.15) is 0 Å². The largest absolute Gasteiger partial charge is 0.385 e. The zero-order valence-corrected chi connectivity index (χ0v) is 18.8. The summed E-state index contributed by atoms with van der Waals surface area (Å²) >= 11 is 0. The van der Waals surface area contributed by atoms with E-state index in [0.29, 0.717) is 30.6 Å². The second-order valence-electron chi connectivity index (χ2n) is 8.48. The first kappa shape index (κ1) is 22.8. The summed E-state index contributed by atoms with van der Waals surface area (Å²) in [4.78, 5) is 50.7. The van der Waals surface area contributed by atoms with Crippen LogP contribution in [0.15, 0.2) is 36.4 Å². The predicted octanol–water partition coefficient (Wildman–Crippen LogP) is 2.16. The van der Waals surface area contributed by atoms with E-state index in [1.807, 2.05) is 12.1 Å². The average Bonchev–Trinajstić information content (AvgIpc) is 3.13. The number of rotatable bonds is 4. The molecule has 3 aliphatic rings. The SMILES string of the molecule is Cl.O=C1CCC(N2Cc3ccc(C(=O)NCc4ccc5c(c4)CCCN5)cc3C2=O)C(=O)N1. The molecule has 3 aliphatic heterocycles. The standard InChI is InChI=1S/C24H24N4O4.ClH/c29-21-8-7-20(23(31)27-21)28-13-17-5-4-16(11-18(17)24(28)32)22(30)26-12-14-3-6-19-15(10-14)2-1-9-25-19;/h3-6,10-11,20,25H,1-2,7-9,12-13H2,(H,26,30)(H,27,29,31);1H. The first-order valence-electron chi connectivity index (χ1n) is 10.9. The number of hydrogen-bond donors (Lipinski definition) is 3. The smallest absolute Gasteiger partial charge is 0.255 e. The van der Waals surface area contributed by atoms with Gasteiger partial charge in [0.1, 0.15) is 6.04 Å². The maximum atomic E-state index is 12.9. The van der Waals surface area contributed by atoms with Gasteiger partial charge < -0.3 is 15.5 Å². The highest BCUT2D eigenvalue weighted by Gasteiger charge is 2.39. The molecular weight excluding hydrogens is 444 g/mol. The molecule has 3 N–H and O–H groups in total. The Kier molecular flexibility index (Phi) is 6.37. The molecule has 9 heteroatoms. The van der Waals surface area contributed by atoms with Crippen LogP contribution in [0, 0.1) is 0 Å². The van der Waals surface area contributed by atoms with Crippen molar-refractivity contribution in [1.29, 1.82) is 0 Å². The van der Waals surface area contributed by atoms with Gasteiger partial charge in [-0.3, -0.25) is 24.5 Å². The molecule has 8 nitrogen and oxygen atoms in total. The van der Waals surface area contributed by atoms with E-state index in [4.69, 9.17) is 0 Å². The van der Waals surface area contributed by atoms with Crippen molar-refractivity contribution < 1.29 is 19.2 Å². The van der Waals surface area contributed by atoms with Crippen LogP contribution >= 0.6 is 12.4 Å². The third kappa shape index (κ3) is 4.43. The first-order chi connectivity index (χ1) is 15.5. The number of halogens is 1. The molecule has 4 amide bonds. The lowest BCUT2D eigenvalue weighted by Gasteiger charge is -2.29. The molecule has 1 fully saturated rings. The summed E-state index contributed by atoms with van der Waals surface area (Å²) in [5.74, 6) is -1.30. The van der Waals surface area contributed by atoms with Crippen molar-refractivity contribution in [3.8, 4) is 0 Å². The fourth-order valence-corrected chi connectivity index (χ4v) is 4.62. The Morgan fingerprint density at radius 3 is 2.73 bits per heavy atom. The van der Waals surface area contributed by atoms with Crippen molar-refractivity contribution in [3.05, 3.63) is 64.2 Å². The van der Waals surface area contributed by atoms with Crippen molar-refractivity contribution in [3.63, 3.8) is 0 Å². The summed E-state index contributed by atoms with van der Waals surface area (Å²) in [6.45, 7) is 1.69. The third-order valence-electron chi connectivity index (χ3n) is 6.35. The number of fused-ring (bicyclic) bond motifs is 2. The van der Waals surface area contributed by atoms with Crippen LogP contribution < -0.4 is 16.0 Å².